The lowest BCUT2D eigenvalue weighted by atomic mass is 10.3. The molecule has 0 aliphatic heterocycles. The number of methoxy groups -OCH3 is 1. The van der Waals surface area contributed by atoms with Gasteiger partial charge in [0.05, 0.1) is 6.61 Å². The van der Waals surface area contributed by atoms with E-state index < -0.39 is 0 Å². The number of carbonyl (C=O) groups is 1. The quantitative estimate of drug-likeness (QED) is 0.705. The third-order valence-corrected chi connectivity index (χ3v) is 1.71. The second kappa shape index (κ2) is 5.26. The minimum atomic E-state index is -0.337. The molecule has 6 heteroatoms. The zero-order valence-electron chi connectivity index (χ0n) is 8.61. The minimum Gasteiger partial charge on any atom is -0.383 e. The molecule has 1 aromatic heterocycles. The smallest absolute Gasteiger partial charge is 0.272 e. The molecule has 1 amide bonds. The summed E-state index contributed by atoms with van der Waals surface area (Å²) >= 11 is 0. The number of hydrogen-bond donors (Lipinski definition) is 2. The van der Waals surface area contributed by atoms with Crippen molar-refractivity contribution >= 4 is 5.91 Å². The highest BCUT2D eigenvalue weighted by atomic mass is 16.5. The number of nitrogens with one attached hydrogen (secondary N) is 2. The molecule has 15 heavy (non-hydrogen) atoms. The van der Waals surface area contributed by atoms with Crippen molar-refractivity contribution in [2.75, 3.05) is 13.7 Å². The van der Waals surface area contributed by atoms with Crippen LogP contribution in [0.2, 0.25) is 0 Å². The highest BCUT2D eigenvalue weighted by Gasteiger charge is 2.10. The SMILES string of the molecule is COCC(C)NC(=O)c1ccc(=O)[nH]n1. The number of aromatic nitrogens is 2. The van der Waals surface area contributed by atoms with E-state index >= 15 is 0 Å². The summed E-state index contributed by atoms with van der Waals surface area (Å²) in [7, 11) is 1.56. The highest BCUT2D eigenvalue weighted by Crippen LogP contribution is 1.91. The third-order valence-electron chi connectivity index (χ3n) is 1.71. The number of aromatic amines is 1. The largest absolute Gasteiger partial charge is 0.383 e. The number of ether oxygens (including phenoxy) is 1. The zero-order chi connectivity index (χ0) is 11.3. The van der Waals surface area contributed by atoms with Crippen LogP contribution in [0.1, 0.15) is 17.4 Å². The van der Waals surface area contributed by atoms with E-state index in [-0.39, 0.29) is 23.2 Å². The number of nitrogens with zero attached hydrogens (tertiary/aromatic N) is 1. The minimum absolute atomic E-state index is 0.101. The first-order valence-corrected chi connectivity index (χ1v) is 4.49. The molecule has 0 aromatic carbocycles. The molecule has 0 bridgehead atoms. The molecule has 1 unspecified atom stereocenters. The van der Waals surface area contributed by atoms with Crippen LogP contribution in [0.5, 0.6) is 0 Å². The van der Waals surface area contributed by atoms with Gasteiger partial charge >= 0.3 is 0 Å². The molecule has 0 saturated carbocycles. The number of rotatable bonds is 4. The van der Waals surface area contributed by atoms with Crippen molar-refractivity contribution in [1.29, 1.82) is 0 Å². The molecule has 6 nitrogen and oxygen atoms in total. The average molecular weight is 211 g/mol. The Morgan fingerprint density at radius 3 is 2.93 bits per heavy atom. The Balaban J connectivity index is 2.61. The normalized spacial score (nSPS) is 12.1. The van der Waals surface area contributed by atoms with Crippen molar-refractivity contribution in [3.05, 3.63) is 28.2 Å². The van der Waals surface area contributed by atoms with E-state index in [0.29, 0.717) is 6.61 Å². The maximum atomic E-state index is 11.5. The van der Waals surface area contributed by atoms with E-state index in [2.05, 4.69) is 15.5 Å². The van der Waals surface area contributed by atoms with Gasteiger partial charge in [-0.1, -0.05) is 0 Å². The predicted octanol–water partition coefficient (Wildman–Crippen LogP) is -0.465. The Morgan fingerprint density at radius 1 is 1.67 bits per heavy atom. The molecule has 0 aliphatic carbocycles. The number of hydrogen-bond acceptors (Lipinski definition) is 4. The Morgan fingerprint density at radius 2 is 2.40 bits per heavy atom. The van der Waals surface area contributed by atoms with Gasteiger partial charge in [0.2, 0.25) is 0 Å². The predicted molar refractivity (Wildman–Crippen MR) is 53.7 cm³/mol. The van der Waals surface area contributed by atoms with Crippen LogP contribution < -0.4 is 10.9 Å². The fraction of sp³-hybridized carbons (Fsp3) is 0.444. The van der Waals surface area contributed by atoms with Crippen LogP contribution >= 0.6 is 0 Å². The van der Waals surface area contributed by atoms with Crippen molar-refractivity contribution in [3.63, 3.8) is 0 Å². The van der Waals surface area contributed by atoms with Crippen LogP contribution in [0.4, 0.5) is 0 Å². The second-order valence-electron chi connectivity index (χ2n) is 3.14. The van der Waals surface area contributed by atoms with Crippen LogP contribution in [-0.2, 0) is 4.74 Å². The summed E-state index contributed by atoms with van der Waals surface area (Å²) in [5.41, 5.74) is -0.158. The molecule has 1 aromatic rings. The van der Waals surface area contributed by atoms with Crippen molar-refractivity contribution in [2.24, 2.45) is 0 Å². The Bertz CT molecular complexity index is 368. The summed E-state index contributed by atoms with van der Waals surface area (Å²) in [6.45, 7) is 2.24. The number of H-pyrrole nitrogens is 1. The summed E-state index contributed by atoms with van der Waals surface area (Å²) in [5.74, 6) is -0.337. The fourth-order valence-electron chi connectivity index (χ4n) is 1.06. The third kappa shape index (κ3) is 3.51. The lowest BCUT2D eigenvalue weighted by Crippen LogP contribution is -2.36. The molecular weight excluding hydrogens is 198 g/mol. The number of amides is 1. The molecule has 2 N–H and O–H groups in total. The molecule has 0 radical (unpaired) electrons. The van der Waals surface area contributed by atoms with Crippen molar-refractivity contribution < 1.29 is 9.53 Å². The molecule has 82 valence electrons. The van der Waals surface area contributed by atoms with Gasteiger partial charge < -0.3 is 10.1 Å². The first kappa shape index (κ1) is 11.4. The summed E-state index contributed by atoms with van der Waals surface area (Å²) in [5, 5.41) is 8.46. The first-order chi connectivity index (χ1) is 7.13. The second-order valence-corrected chi connectivity index (χ2v) is 3.14. The maximum Gasteiger partial charge on any atom is 0.272 e. The molecule has 0 spiro atoms. The molecule has 1 rings (SSSR count). The molecule has 1 atom stereocenters. The number of carbonyl (C=O) groups excluding carboxylic acids is 1. The van der Waals surface area contributed by atoms with Gasteiger partial charge in [0.1, 0.15) is 5.69 Å². The van der Waals surface area contributed by atoms with Crippen LogP contribution in [0, 0.1) is 0 Å². The Kier molecular flexibility index (Phi) is 3.99. The van der Waals surface area contributed by atoms with Crippen LogP contribution in [0.25, 0.3) is 0 Å². The summed E-state index contributed by atoms with van der Waals surface area (Å²) in [6, 6.07) is 2.52. The molecule has 0 aliphatic rings. The van der Waals surface area contributed by atoms with Gasteiger partial charge in [-0.25, -0.2) is 5.10 Å². The summed E-state index contributed by atoms with van der Waals surface area (Å²) in [6.07, 6.45) is 0. The molecule has 0 fully saturated rings. The van der Waals surface area contributed by atoms with E-state index in [1.165, 1.54) is 12.1 Å². The average Bonchev–Trinajstić information content (AvgIpc) is 2.18. The zero-order valence-corrected chi connectivity index (χ0v) is 8.61. The topological polar surface area (TPSA) is 84.1 Å². The van der Waals surface area contributed by atoms with Gasteiger partial charge in [-0.15, -0.1) is 0 Å². The Hall–Kier alpha value is -1.69. The van der Waals surface area contributed by atoms with Gasteiger partial charge in [-0.3, -0.25) is 9.59 Å². The standard InChI is InChI=1S/C9H13N3O3/c1-6(5-15-2)10-9(14)7-3-4-8(13)12-11-7/h3-4,6H,5H2,1-2H3,(H,10,14)(H,12,13). The first-order valence-electron chi connectivity index (χ1n) is 4.49. The maximum absolute atomic E-state index is 11.5. The lowest BCUT2D eigenvalue weighted by molar-refractivity contribution is 0.0899. The van der Waals surface area contributed by atoms with Gasteiger partial charge in [-0.05, 0) is 13.0 Å². The summed E-state index contributed by atoms with van der Waals surface area (Å²) in [4.78, 5) is 22.2. The molecule has 1 heterocycles. The molecular formula is C9H13N3O3. The van der Waals surface area contributed by atoms with E-state index in [0.717, 1.165) is 0 Å². The van der Waals surface area contributed by atoms with Crippen molar-refractivity contribution in [1.82, 2.24) is 15.5 Å². The van der Waals surface area contributed by atoms with Crippen LogP contribution in [0.15, 0.2) is 16.9 Å². The van der Waals surface area contributed by atoms with Crippen LogP contribution in [0.3, 0.4) is 0 Å². The van der Waals surface area contributed by atoms with Crippen molar-refractivity contribution in [3.8, 4) is 0 Å². The lowest BCUT2D eigenvalue weighted by Gasteiger charge is -2.11. The van der Waals surface area contributed by atoms with E-state index in [1.807, 2.05) is 6.92 Å². The van der Waals surface area contributed by atoms with Gasteiger partial charge in [-0.2, -0.15) is 5.10 Å². The van der Waals surface area contributed by atoms with Crippen LogP contribution in [-0.4, -0.2) is 35.9 Å². The van der Waals surface area contributed by atoms with Gasteiger partial charge in [0, 0.05) is 19.2 Å². The highest BCUT2D eigenvalue weighted by molar-refractivity contribution is 5.92. The van der Waals surface area contributed by atoms with Gasteiger partial charge in [0.15, 0.2) is 0 Å². The van der Waals surface area contributed by atoms with E-state index in [4.69, 9.17) is 4.74 Å². The van der Waals surface area contributed by atoms with Crippen molar-refractivity contribution in [2.45, 2.75) is 13.0 Å². The monoisotopic (exact) mass is 211 g/mol. The summed E-state index contributed by atoms with van der Waals surface area (Å²) < 4.78 is 4.87. The van der Waals surface area contributed by atoms with Gasteiger partial charge in [0.25, 0.3) is 11.5 Å². The Labute approximate surface area is 86.7 Å². The molecule has 0 saturated heterocycles. The fourth-order valence-corrected chi connectivity index (χ4v) is 1.06. The van der Waals surface area contributed by atoms with E-state index in [9.17, 15) is 9.59 Å². The van der Waals surface area contributed by atoms with E-state index in [1.54, 1.807) is 7.11 Å².